The summed E-state index contributed by atoms with van der Waals surface area (Å²) < 4.78 is 56.7. The van der Waals surface area contributed by atoms with Crippen molar-refractivity contribution in [1.29, 1.82) is 0 Å². The van der Waals surface area contributed by atoms with E-state index in [4.69, 9.17) is 19.9 Å². The first-order valence-electron chi connectivity index (χ1n) is 7.35. The molecule has 0 aliphatic carbocycles. The number of methoxy groups -OCH3 is 3. The smallest absolute Gasteiger partial charge is 0.493 e. The highest BCUT2D eigenvalue weighted by atomic mass is 19.4. The molecule has 0 bridgehead atoms. The number of anilines is 1. The number of ether oxygens (including phenoxy) is 4. The van der Waals surface area contributed by atoms with E-state index in [0.717, 1.165) is 6.07 Å². The summed E-state index contributed by atoms with van der Waals surface area (Å²) in [4.78, 5) is 0. The van der Waals surface area contributed by atoms with Gasteiger partial charge in [-0.3, -0.25) is 0 Å². The zero-order valence-corrected chi connectivity index (χ0v) is 14.4. The van der Waals surface area contributed by atoms with E-state index in [-0.39, 0.29) is 5.69 Å². The van der Waals surface area contributed by atoms with Gasteiger partial charge in [0.05, 0.1) is 27.0 Å². The lowest BCUT2D eigenvalue weighted by Gasteiger charge is -2.16. The van der Waals surface area contributed by atoms with E-state index in [1.807, 2.05) is 0 Å². The maximum absolute atomic E-state index is 12.3. The van der Waals surface area contributed by atoms with Crippen LogP contribution in [-0.2, 0) is 0 Å². The minimum Gasteiger partial charge on any atom is -0.493 e. The molecular formula is C18H18F3NO4. The van der Waals surface area contributed by atoms with Crippen LogP contribution in [0.5, 0.6) is 23.0 Å². The third-order valence-electron chi connectivity index (χ3n) is 3.60. The van der Waals surface area contributed by atoms with E-state index >= 15 is 0 Å². The maximum atomic E-state index is 12.3. The molecule has 2 N–H and O–H groups in total. The quantitative estimate of drug-likeness (QED) is 0.771. The molecule has 0 unspecified atom stereocenters. The van der Waals surface area contributed by atoms with Crippen LogP contribution in [0.3, 0.4) is 0 Å². The van der Waals surface area contributed by atoms with Crippen molar-refractivity contribution in [2.45, 2.75) is 6.36 Å². The van der Waals surface area contributed by atoms with E-state index in [2.05, 4.69) is 11.3 Å². The SMILES string of the molecule is C=C(c1ccc(OC(F)(F)F)c(N)c1)c1cc(OC)c(OC)c(OC)c1. The van der Waals surface area contributed by atoms with E-state index in [9.17, 15) is 13.2 Å². The maximum Gasteiger partial charge on any atom is 0.573 e. The van der Waals surface area contributed by atoms with Gasteiger partial charge >= 0.3 is 6.36 Å². The molecule has 0 saturated carbocycles. The molecule has 0 radical (unpaired) electrons. The van der Waals surface area contributed by atoms with Crippen LogP contribution in [0.4, 0.5) is 18.9 Å². The summed E-state index contributed by atoms with van der Waals surface area (Å²) in [5.41, 5.74) is 7.16. The van der Waals surface area contributed by atoms with Gasteiger partial charge in [0.2, 0.25) is 5.75 Å². The molecule has 0 heterocycles. The second kappa shape index (κ2) is 7.47. The second-order valence-electron chi connectivity index (χ2n) is 5.19. The number of alkyl halides is 3. The number of halogens is 3. The van der Waals surface area contributed by atoms with E-state index in [1.165, 1.54) is 33.5 Å². The number of rotatable bonds is 6. The zero-order chi connectivity index (χ0) is 19.5. The van der Waals surface area contributed by atoms with Gasteiger partial charge in [-0.1, -0.05) is 12.6 Å². The highest BCUT2D eigenvalue weighted by molar-refractivity contribution is 5.82. The Balaban J connectivity index is 2.41. The average Bonchev–Trinajstić information content (AvgIpc) is 2.60. The normalized spacial score (nSPS) is 11.0. The van der Waals surface area contributed by atoms with Gasteiger partial charge in [-0.2, -0.15) is 0 Å². The minimum absolute atomic E-state index is 0.159. The van der Waals surface area contributed by atoms with Crippen molar-refractivity contribution in [2.75, 3.05) is 27.1 Å². The number of hydrogen-bond donors (Lipinski definition) is 1. The number of hydrogen-bond acceptors (Lipinski definition) is 5. The topological polar surface area (TPSA) is 62.9 Å². The molecule has 0 saturated heterocycles. The molecule has 0 fully saturated rings. The summed E-state index contributed by atoms with van der Waals surface area (Å²) in [6.07, 6.45) is -4.82. The highest BCUT2D eigenvalue weighted by Gasteiger charge is 2.32. The van der Waals surface area contributed by atoms with Crippen molar-refractivity contribution in [2.24, 2.45) is 0 Å². The van der Waals surface area contributed by atoms with E-state index in [0.29, 0.717) is 33.9 Å². The average molecular weight is 369 g/mol. The molecule has 0 aliphatic rings. The molecule has 0 amide bonds. The second-order valence-corrected chi connectivity index (χ2v) is 5.19. The summed E-state index contributed by atoms with van der Waals surface area (Å²) in [6.45, 7) is 3.98. The lowest BCUT2D eigenvalue weighted by molar-refractivity contribution is -0.274. The van der Waals surface area contributed by atoms with Gasteiger partial charge in [0.25, 0.3) is 0 Å². The summed E-state index contributed by atoms with van der Waals surface area (Å²) in [7, 11) is 4.44. The summed E-state index contributed by atoms with van der Waals surface area (Å²) in [5, 5.41) is 0. The van der Waals surface area contributed by atoms with Gasteiger partial charge < -0.3 is 24.7 Å². The van der Waals surface area contributed by atoms with Gasteiger partial charge in [-0.25, -0.2) is 0 Å². The van der Waals surface area contributed by atoms with E-state index in [1.54, 1.807) is 12.1 Å². The first-order chi connectivity index (χ1) is 12.2. The number of benzene rings is 2. The van der Waals surface area contributed by atoms with Crippen molar-refractivity contribution in [1.82, 2.24) is 0 Å². The molecule has 0 atom stereocenters. The first kappa shape index (κ1) is 19.3. The number of nitrogens with two attached hydrogens (primary N) is 1. The minimum atomic E-state index is -4.82. The third-order valence-corrected chi connectivity index (χ3v) is 3.60. The predicted molar refractivity (Wildman–Crippen MR) is 91.8 cm³/mol. The summed E-state index contributed by atoms with van der Waals surface area (Å²) in [5.74, 6) is 0.792. The van der Waals surface area contributed by atoms with Crippen LogP contribution in [0.1, 0.15) is 11.1 Å². The third kappa shape index (κ3) is 4.14. The van der Waals surface area contributed by atoms with Gasteiger partial charge in [-0.05, 0) is 41.0 Å². The lowest BCUT2D eigenvalue weighted by atomic mass is 9.98. The van der Waals surface area contributed by atoms with Crippen LogP contribution in [0.25, 0.3) is 5.57 Å². The Labute approximate surface area is 148 Å². The van der Waals surface area contributed by atoms with Crippen LogP contribution >= 0.6 is 0 Å². The lowest BCUT2D eigenvalue weighted by Crippen LogP contribution is -2.18. The molecule has 2 aromatic rings. The fourth-order valence-electron chi connectivity index (χ4n) is 2.38. The monoisotopic (exact) mass is 369 g/mol. The fourth-order valence-corrected chi connectivity index (χ4v) is 2.38. The molecule has 0 aliphatic heterocycles. The van der Waals surface area contributed by atoms with Crippen LogP contribution in [0.2, 0.25) is 0 Å². The number of nitrogen functional groups attached to an aromatic ring is 1. The Morgan fingerprint density at radius 3 is 1.88 bits per heavy atom. The Morgan fingerprint density at radius 1 is 0.885 bits per heavy atom. The van der Waals surface area contributed by atoms with E-state index < -0.39 is 12.1 Å². The largest absolute Gasteiger partial charge is 0.573 e. The molecule has 0 aromatic heterocycles. The van der Waals surface area contributed by atoms with Gasteiger partial charge in [-0.15, -0.1) is 13.2 Å². The van der Waals surface area contributed by atoms with Crippen LogP contribution in [0.15, 0.2) is 36.9 Å². The molecule has 140 valence electrons. The molecule has 2 rings (SSSR count). The van der Waals surface area contributed by atoms with Crippen molar-refractivity contribution in [3.63, 3.8) is 0 Å². The van der Waals surface area contributed by atoms with Crippen molar-refractivity contribution in [3.8, 4) is 23.0 Å². The molecule has 0 spiro atoms. The van der Waals surface area contributed by atoms with Crippen LogP contribution < -0.4 is 24.7 Å². The Bertz CT molecular complexity index is 794. The summed E-state index contributed by atoms with van der Waals surface area (Å²) in [6, 6.07) is 7.29. The van der Waals surface area contributed by atoms with Crippen molar-refractivity contribution >= 4 is 11.3 Å². The predicted octanol–water partition coefficient (Wildman–Crippen LogP) is 4.25. The van der Waals surface area contributed by atoms with Crippen LogP contribution in [-0.4, -0.2) is 27.7 Å². The van der Waals surface area contributed by atoms with Gasteiger partial charge in [0.1, 0.15) is 0 Å². The summed E-state index contributed by atoms with van der Waals surface area (Å²) >= 11 is 0. The molecule has 26 heavy (non-hydrogen) atoms. The fraction of sp³-hybridized carbons (Fsp3) is 0.222. The Morgan fingerprint density at radius 2 is 1.46 bits per heavy atom. The Kier molecular flexibility index (Phi) is 5.54. The molecule has 8 heteroatoms. The molecule has 5 nitrogen and oxygen atoms in total. The van der Waals surface area contributed by atoms with Gasteiger partial charge in [0, 0.05) is 0 Å². The standard InChI is InChI=1S/C18H18F3NO4/c1-10(11-5-6-14(13(22)7-11)26-18(19,20)21)12-8-15(23-2)17(25-4)16(9-12)24-3/h5-9H,1,22H2,2-4H3. The zero-order valence-electron chi connectivity index (χ0n) is 14.4. The van der Waals surface area contributed by atoms with Gasteiger partial charge in [0.15, 0.2) is 17.2 Å². The molecule has 2 aromatic carbocycles. The van der Waals surface area contributed by atoms with Crippen molar-refractivity contribution in [3.05, 3.63) is 48.0 Å². The Hall–Kier alpha value is -3.03. The highest BCUT2D eigenvalue weighted by Crippen LogP contribution is 2.41. The van der Waals surface area contributed by atoms with Crippen molar-refractivity contribution < 1.29 is 32.1 Å². The molecular weight excluding hydrogens is 351 g/mol. The first-order valence-corrected chi connectivity index (χ1v) is 7.35. The van der Waals surface area contributed by atoms with Crippen LogP contribution in [0, 0.1) is 0 Å².